The number of nitrogens with zero attached hydrogens (tertiary/aromatic N) is 1. The van der Waals surface area contributed by atoms with Gasteiger partial charge in [0.25, 0.3) is 0 Å². The summed E-state index contributed by atoms with van der Waals surface area (Å²) in [5, 5.41) is 9.49. The smallest absolute Gasteiger partial charge is 0.226 e. The van der Waals surface area contributed by atoms with E-state index in [-0.39, 0.29) is 11.7 Å². The van der Waals surface area contributed by atoms with Crippen LogP contribution in [0.2, 0.25) is 0 Å². The Hall–Kier alpha value is -1.51. The number of hydrogen-bond donors (Lipinski definition) is 1. The molecule has 0 fully saturated rings. The Bertz CT molecular complexity index is 429. The second kappa shape index (κ2) is 8.71. The lowest BCUT2D eigenvalue weighted by Gasteiger charge is -2.24. The molecule has 1 aromatic carbocycles. The summed E-state index contributed by atoms with van der Waals surface area (Å²) in [7, 11) is 0. The highest BCUT2D eigenvalue weighted by atomic mass is 16.3. The van der Waals surface area contributed by atoms with E-state index in [4.69, 9.17) is 0 Å². The van der Waals surface area contributed by atoms with E-state index in [1.54, 1.807) is 18.2 Å². The minimum absolute atomic E-state index is 0.155. The van der Waals surface area contributed by atoms with E-state index in [1.165, 1.54) is 0 Å². The van der Waals surface area contributed by atoms with Gasteiger partial charge < -0.3 is 10.0 Å². The largest absolute Gasteiger partial charge is 0.508 e. The summed E-state index contributed by atoms with van der Waals surface area (Å²) in [5.41, 5.74) is 0.874. The van der Waals surface area contributed by atoms with Gasteiger partial charge in [-0.3, -0.25) is 4.79 Å². The first kappa shape index (κ1) is 17.5. The van der Waals surface area contributed by atoms with Crippen LogP contribution in [0.25, 0.3) is 0 Å². The molecule has 1 aromatic rings. The summed E-state index contributed by atoms with van der Waals surface area (Å²) in [6, 6.07) is 6.97. The molecule has 0 aliphatic carbocycles. The highest BCUT2D eigenvalue weighted by Crippen LogP contribution is 2.14. The number of benzene rings is 1. The number of phenols is 1. The molecule has 0 radical (unpaired) electrons. The van der Waals surface area contributed by atoms with Crippen LogP contribution in [0.1, 0.15) is 46.1 Å². The molecule has 0 saturated heterocycles. The number of amides is 1. The Balaban J connectivity index is 2.64. The Morgan fingerprint density at radius 3 is 2.14 bits per heavy atom. The molecule has 0 aliphatic rings. The molecule has 118 valence electrons. The number of hydrogen-bond acceptors (Lipinski definition) is 2. The second-order valence-corrected chi connectivity index (χ2v) is 6.59. The molecule has 3 heteroatoms. The lowest BCUT2D eigenvalue weighted by Crippen LogP contribution is -2.35. The summed E-state index contributed by atoms with van der Waals surface area (Å²) in [6.45, 7) is 10.4. The molecule has 0 bridgehead atoms. The van der Waals surface area contributed by atoms with Gasteiger partial charge in [-0.15, -0.1) is 0 Å². The summed E-state index contributed by atoms with van der Waals surface area (Å²) < 4.78 is 0. The molecule has 1 rings (SSSR count). The molecular weight excluding hydrogens is 262 g/mol. The van der Waals surface area contributed by atoms with Crippen molar-refractivity contribution < 1.29 is 9.90 Å². The zero-order valence-electron chi connectivity index (χ0n) is 13.8. The first-order valence-electron chi connectivity index (χ1n) is 7.94. The van der Waals surface area contributed by atoms with E-state index < -0.39 is 0 Å². The molecule has 0 aromatic heterocycles. The van der Waals surface area contributed by atoms with Gasteiger partial charge >= 0.3 is 0 Å². The quantitative estimate of drug-likeness (QED) is 0.790. The third kappa shape index (κ3) is 7.16. The van der Waals surface area contributed by atoms with Crippen molar-refractivity contribution in [3.63, 3.8) is 0 Å². The van der Waals surface area contributed by atoms with Gasteiger partial charge in [-0.05, 0) is 42.4 Å². The van der Waals surface area contributed by atoms with Crippen molar-refractivity contribution in [1.82, 2.24) is 4.90 Å². The summed E-state index contributed by atoms with van der Waals surface area (Å²) in [5.74, 6) is 1.57. The maximum atomic E-state index is 12.5. The predicted octanol–water partition coefficient (Wildman–Crippen LogP) is 3.86. The van der Waals surface area contributed by atoms with Crippen LogP contribution in [-0.4, -0.2) is 29.0 Å². The normalized spacial score (nSPS) is 11.1. The van der Waals surface area contributed by atoms with Gasteiger partial charge in [0.05, 0.1) is 6.42 Å². The number of carbonyl (C=O) groups is 1. The fourth-order valence-electron chi connectivity index (χ4n) is 2.14. The van der Waals surface area contributed by atoms with Crippen LogP contribution in [0, 0.1) is 11.8 Å². The van der Waals surface area contributed by atoms with Crippen molar-refractivity contribution in [2.75, 3.05) is 13.1 Å². The highest BCUT2D eigenvalue weighted by molar-refractivity contribution is 5.78. The average molecular weight is 291 g/mol. The Morgan fingerprint density at radius 2 is 1.67 bits per heavy atom. The molecular formula is C18H29NO2. The molecule has 1 amide bonds. The maximum absolute atomic E-state index is 12.5. The van der Waals surface area contributed by atoms with Crippen LogP contribution >= 0.6 is 0 Å². The fraction of sp³-hybridized carbons (Fsp3) is 0.611. The molecule has 0 spiro atoms. The minimum atomic E-state index is 0.155. The molecule has 0 saturated carbocycles. The van der Waals surface area contributed by atoms with Crippen molar-refractivity contribution in [3.8, 4) is 5.75 Å². The zero-order valence-corrected chi connectivity index (χ0v) is 13.8. The van der Waals surface area contributed by atoms with Crippen LogP contribution in [0.3, 0.4) is 0 Å². The molecule has 0 unspecified atom stereocenters. The average Bonchev–Trinajstić information content (AvgIpc) is 2.37. The fourth-order valence-corrected chi connectivity index (χ4v) is 2.14. The Morgan fingerprint density at radius 1 is 1.10 bits per heavy atom. The van der Waals surface area contributed by atoms with Gasteiger partial charge in [0.1, 0.15) is 5.75 Å². The summed E-state index contributed by atoms with van der Waals surface area (Å²) >= 11 is 0. The van der Waals surface area contributed by atoms with Crippen molar-refractivity contribution in [3.05, 3.63) is 29.8 Å². The Labute approximate surface area is 129 Å². The number of rotatable bonds is 8. The predicted molar refractivity (Wildman–Crippen MR) is 87.3 cm³/mol. The number of carbonyl (C=O) groups excluding carboxylic acids is 1. The third-order valence-corrected chi connectivity index (χ3v) is 3.57. The second-order valence-electron chi connectivity index (χ2n) is 6.59. The van der Waals surface area contributed by atoms with Gasteiger partial charge in [-0.1, -0.05) is 39.8 Å². The van der Waals surface area contributed by atoms with Crippen LogP contribution in [0.5, 0.6) is 5.75 Å². The zero-order chi connectivity index (χ0) is 15.8. The van der Waals surface area contributed by atoms with Gasteiger partial charge in [-0.2, -0.15) is 0 Å². The molecule has 0 aliphatic heterocycles. The van der Waals surface area contributed by atoms with Gasteiger partial charge in [0, 0.05) is 13.1 Å². The SMILES string of the molecule is CC(C)CCN(CCC(C)C)C(=O)Cc1cccc(O)c1. The van der Waals surface area contributed by atoms with E-state index in [0.29, 0.717) is 18.3 Å². The molecule has 3 nitrogen and oxygen atoms in total. The van der Waals surface area contributed by atoms with E-state index in [1.807, 2.05) is 11.0 Å². The summed E-state index contributed by atoms with van der Waals surface area (Å²) in [4.78, 5) is 14.5. The molecule has 0 atom stereocenters. The number of aromatic hydroxyl groups is 1. The summed E-state index contributed by atoms with van der Waals surface area (Å²) in [6.07, 6.45) is 2.43. The van der Waals surface area contributed by atoms with Crippen LogP contribution in [0.4, 0.5) is 0 Å². The maximum Gasteiger partial charge on any atom is 0.226 e. The van der Waals surface area contributed by atoms with E-state index in [0.717, 1.165) is 31.5 Å². The standard InChI is InChI=1S/C18H29NO2/c1-14(2)8-10-19(11-9-15(3)4)18(21)13-16-6-5-7-17(20)12-16/h5-7,12,14-15,20H,8-11,13H2,1-4H3. The van der Waals surface area contributed by atoms with Crippen LogP contribution < -0.4 is 0 Å². The third-order valence-electron chi connectivity index (χ3n) is 3.57. The van der Waals surface area contributed by atoms with Crippen molar-refractivity contribution in [2.24, 2.45) is 11.8 Å². The topological polar surface area (TPSA) is 40.5 Å². The van der Waals surface area contributed by atoms with Gasteiger partial charge in [-0.25, -0.2) is 0 Å². The molecule has 0 heterocycles. The Kier molecular flexibility index (Phi) is 7.27. The van der Waals surface area contributed by atoms with Gasteiger partial charge in [0.2, 0.25) is 5.91 Å². The number of phenolic OH excluding ortho intramolecular Hbond substituents is 1. The first-order valence-corrected chi connectivity index (χ1v) is 7.94. The van der Waals surface area contributed by atoms with Crippen molar-refractivity contribution in [1.29, 1.82) is 0 Å². The van der Waals surface area contributed by atoms with Crippen LogP contribution in [0.15, 0.2) is 24.3 Å². The minimum Gasteiger partial charge on any atom is -0.508 e. The van der Waals surface area contributed by atoms with Gasteiger partial charge in [0.15, 0.2) is 0 Å². The molecule has 21 heavy (non-hydrogen) atoms. The lowest BCUT2D eigenvalue weighted by atomic mass is 10.1. The highest BCUT2D eigenvalue weighted by Gasteiger charge is 2.15. The van der Waals surface area contributed by atoms with Crippen LogP contribution in [-0.2, 0) is 11.2 Å². The van der Waals surface area contributed by atoms with E-state index in [2.05, 4.69) is 27.7 Å². The van der Waals surface area contributed by atoms with Crippen molar-refractivity contribution in [2.45, 2.75) is 47.0 Å². The first-order chi connectivity index (χ1) is 9.88. The van der Waals surface area contributed by atoms with E-state index >= 15 is 0 Å². The molecule has 1 N–H and O–H groups in total. The van der Waals surface area contributed by atoms with Crippen molar-refractivity contribution >= 4 is 5.91 Å². The lowest BCUT2D eigenvalue weighted by molar-refractivity contribution is -0.130. The van der Waals surface area contributed by atoms with E-state index in [9.17, 15) is 9.90 Å². The monoisotopic (exact) mass is 291 g/mol.